The number of hydrogen-bond donors (Lipinski definition) is 0. The standard InChI is InChI=1S/C54H34S2/c1-2-13-33(14-3-1)37-21-9-25-46-47-26-10-22-38(52(47)55-51(37)46)34-15-8-16-35(31-34)39-23-11-27-48-49-28-12-24-40(54(49)56-53(39)48)36-29-30-45-43-19-5-4-17-41(43)42-18-6-7-20-44(42)50(45)32-36/h1-32,48,53H. The molecule has 1 aliphatic carbocycles. The number of allylic oxidation sites excluding steroid dienone is 3. The van der Waals surface area contributed by atoms with Gasteiger partial charge < -0.3 is 0 Å². The van der Waals surface area contributed by atoms with Gasteiger partial charge in [0, 0.05) is 36.2 Å². The highest BCUT2D eigenvalue weighted by molar-refractivity contribution is 8.01. The van der Waals surface area contributed by atoms with E-state index in [0.717, 1.165) is 0 Å². The minimum absolute atomic E-state index is 0.310. The molecule has 12 rings (SSSR count). The Morgan fingerprint density at radius 2 is 0.911 bits per heavy atom. The molecule has 2 heteroatoms. The Bertz CT molecular complexity index is 3250. The van der Waals surface area contributed by atoms with Crippen LogP contribution < -0.4 is 0 Å². The van der Waals surface area contributed by atoms with Gasteiger partial charge in [-0.3, -0.25) is 0 Å². The third kappa shape index (κ3) is 4.86. The molecule has 0 spiro atoms. The molecule has 262 valence electrons. The number of thioether (sulfide) groups is 1. The Kier molecular flexibility index (Phi) is 7.27. The zero-order chi connectivity index (χ0) is 36.7. The van der Waals surface area contributed by atoms with Crippen molar-refractivity contribution in [3.05, 3.63) is 205 Å². The van der Waals surface area contributed by atoms with Crippen LogP contribution in [0.3, 0.4) is 0 Å². The Hall–Kier alpha value is -6.19. The second-order valence-electron chi connectivity index (χ2n) is 15.1. The zero-order valence-corrected chi connectivity index (χ0v) is 32.1. The molecule has 2 heterocycles. The maximum atomic E-state index is 2.44. The molecule has 1 aromatic heterocycles. The Morgan fingerprint density at radius 3 is 1.64 bits per heavy atom. The van der Waals surface area contributed by atoms with Gasteiger partial charge in [-0.05, 0) is 94.5 Å². The van der Waals surface area contributed by atoms with E-state index < -0.39 is 0 Å². The summed E-state index contributed by atoms with van der Waals surface area (Å²) in [5.41, 5.74) is 11.9. The van der Waals surface area contributed by atoms with Crippen LogP contribution in [-0.2, 0) is 0 Å². The number of fused-ring (bicyclic) bond motifs is 12. The van der Waals surface area contributed by atoms with Crippen LogP contribution in [0, 0.1) is 0 Å². The quantitative estimate of drug-likeness (QED) is 0.162. The maximum Gasteiger partial charge on any atom is 0.0454 e. The summed E-state index contributed by atoms with van der Waals surface area (Å²) < 4.78 is 2.70. The topological polar surface area (TPSA) is 0 Å². The molecule has 0 radical (unpaired) electrons. The fourth-order valence-electron chi connectivity index (χ4n) is 9.47. The summed E-state index contributed by atoms with van der Waals surface area (Å²) >= 11 is 3.97. The molecule has 2 atom stereocenters. The van der Waals surface area contributed by atoms with Crippen molar-refractivity contribution in [1.82, 2.24) is 0 Å². The van der Waals surface area contributed by atoms with Crippen molar-refractivity contribution >= 4 is 81.2 Å². The molecule has 0 nitrogen and oxygen atoms in total. The second kappa shape index (κ2) is 12.7. The van der Waals surface area contributed by atoms with Gasteiger partial charge in [-0.15, -0.1) is 23.1 Å². The smallest absolute Gasteiger partial charge is 0.0454 e. The fourth-order valence-corrected chi connectivity index (χ4v) is 12.5. The third-order valence-electron chi connectivity index (χ3n) is 12.0. The van der Waals surface area contributed by atoms with Gasteiger partial charge in [-0.25, -0.2) is 0 Å². The van der Waals surface area contributed by atoms with E-state index in [9.17, 15) is 0 Å². The van der Waals surface area contributed by atoms with Crippen LogP contribution in [0.15, 0.2) is 199 Å². The number of benzene rings is 9. The Labute approximate surface area is 334 Å². The van der Waals surface area contributed by atoms with E-state index in [0.29, 0.717) is 11.2 Å². The molecule has 1 aliphatic heterocycles. The van der Waals surface area contributed by atoms with E-state index in [4.69, 9.17) is 0 Å². The normalized spacial score (nSPS) is 16.2. The molecular formula is C54H34S2. The summed E-state index contributed by atoms with van der Waals surface area (Å²) in [6.45, 7) is 0. The molecule has 9 aromatic carbocycles. The lowest BCUT2D eigenvalue weighted by molar-refractivity contribution is 0.893. The van der Waals surface area contributed by atoms with Crippen LogP contribution in [0.4, 0.5) is 0 Å². The first-order valence-electron chi connectivity index (χ1n) is 19.4. The van der Waals surface area contributed by atoms with E-state index >= 15 is 0 Å². The van der Waals surface area contributed by atoms with Crippen molar-refractivity contribution in [2.24, 2.45) is 0 Å². The van der Waals surface area contributed by atoms with Gasteiger partial charge in [0.25, 0.3) is 0 Å². The molecule has 56 heavy (non-hydrogen) atoms. The van der Waals surface area contributed by atoms with Crippen molar-refractivity contribution in [3.8, 4) is 33.4 Å². The minimum Gasteiger partial charge on any atom is -0.134 e. The highest BCUT2D eigenvalue weighted by Crippen LogP contribution is 2.56. The van der Waals surface area contributed by atoms with E-state index in [1.54, 1.807) is 0 Å². The summed E-state index contributed by atoms with van der Waals surface area (Å²) in [6, 6.07) is 65.5. The van der Waals surface area contributed by atoms with Crippen molar-refractivity contribution in [3.63, 3.8) is 0 Å². The van der Waals surface area contributed by atoms with Gasteiger partial charge >= 0.3 is 0 Å². The molecule has 10 aromatic rings. The highest BCUT2D eigenvalue weighted by atomic mass is 32.2. The summed E-state index contributed by atoms with van der Waals surface area (Å²) in [5, 5.41) is 10.9. The molecule has 0 fully saturated rings. The van der Waals surface area contributed by atoms with Gasteiger partial charge in [-0.1, -0.05) is 182 Å². The zero-order valence-electron chi connectivity index (χ0n) is 30.4. The molecule has 2 aliphatic rings. The van der Waals surface area contributed by atoms with Gasteiger partial charge in [0.2, 0.25) is 0 Å². The molecule has 2 unspecified atom stereocenters. The largest absolute Gasteiger partial charge is 0.134 e. The molecule has 0 N–H and O–H groups in total. The first-order valence-corrected chi connectivity index (χ1v) is 21.1. The SMILES string of the molecule is C1=CC2c3cccc(-c4ccc5c6ccccc6c6ccccc6c5c4)c3SC2C(c2cccc(-c3cccc4c3sc3c(-c5ccccc5)cccc34)c2)=C1. The van der Waals surface area contributed by atoms with Crippen molar-refractivity contribution in [1.29, 1.82) is 0 Å². The summed E-state index contributed by atoms with van der Waals surface area (Å²) in [4.78, 5) is 1.41. The lowest BCUT2D eigenvalue weighted by Gasteiger charge is -2.23. The highest BCUT2D eigenvalue weighted by Gasteiger charge is 2.37. The Balaban J connectivity index is 0.933. The van der Waals surface area contributed by atoms with Gasteiger partial charge in [0.05, 0.1) is 0 Å². The molecular weight excluding hydrogens is 713 g/mol. The first-order chi connectivity index (χ1) is 27.8. The predicted octanol–water partition coefficient (Wildman–Crippen LogP) is 15.7. The Morgan fingerprint density at radius 1 is 0.375 bits per heavy atom. The lowest BCUT2D eigenvalue weighted by Crippen LogP contribution is -2.13. The minimum atomic E-state index is 0.310. The van der Waals surface area contributed by atoms with Crippen LogP contribution in [0.5, 0.6) is 0 Å². The van der Waals surface area contributed by atoms with Crippen LogP contribution in [0.2, 0.25) is 0 Å². The van der Waals surface area contributed by atoms with Gasteiger partial charge in [0.1, 0.15) is 0 Å². The summed E-state index contributed by atoms with van der Waals surface area (Å²) in [6.07, 6.45) is 7.07. The van der Waals surface area contributed by atoms with Crippen molar-refractivity contribution in [2.45, 2.75) is 16.1 Å². The van der Waals surface area contributed by atoms with Crippen LogP contribution in [0.1, 0.15) is 17.0 Å². The third-order valence-corrected chi connectivity index (χ3v) is 14.8. The molecule has 0 saturated heterocycles. The number of hydrogen-bond acceptors (Lipinski definition) is 2. The lowest BCUT2D eigenvalue weighted by atomic mass is 9.84. The van der Waals surface area contributed by atoms with Crippen molar-refractivity contribution in [2.75, 3.05) is 0 Å². The van der Waals surface area contributed by atoms with E-state index in [1.165, 1.54) is 107 Å². The summed E-state index contributed by atoms with van der Waals surface area (Å²) in [5.74, 6) is 0.325. The monoisotopic (exact) mass is 746 g/mol. The van der Waals surface area contributed by atoms with E-state index in [1.807, 2.05) is 23.1 Å². The van der Waals surface area contributed by atoms with Gasteiger partial charge in [-0.2, -0.15) is 0 Å². The van der Waals surface area contributed by atoms with Crippen LogP contribution in [0.25, 0.3) is 91.4 Å². The molecule has 0 bridgehead atoms. The average Bonchev–Trinajstić information content (AvgIpc) is 3.86. The van der Waals surface area contributed by atoms with Crippen LogP contribution in [-0.4, -0.2) is 5.25 Å². The van der Waals surface area contributed by atoms with Crippen LogP contribution >= 0.6 is 23.1 Å². The maximum absolute atomic E-state index is 2.44. The van der Waals surface area contributed by atoms with Crippen molar-refractivity contribution < 1.29 is 0 Å². The first kappa shape index (κ1) is 32.1. The number of thiophene rings is 1. The number of rotatable bonds is 4. The predicted molar refractivity (Wildman–Crippen MR) is 244 cm³/mol. The fraction of sp³-hybridized carbons (Fsp3) is 0.0370. The molecule has 0 saturated carbocycles. The average molecular weight is 747 g/mol. The summed E-state index contributed by atoms with van der Waals surface area (Å²) in [7, 11) is 0. The van der Waals surface area contributed by atoms with E-state index in [2.05, 4.69) is 194 Å². The second-order valence-corrected chi connectivity index (χ2v) is 17.2. The molecule has 0 amide bonds. The van der Waals surface area contributed by atoms with Gasteiger partial charge in [0.15, 0.2) is 0 Å². The van der Waals surface area contributed by atoms with E-state index in [-0.39, 0.29) is 0 Å².